The minimum Gasteiger partial charge on any atom is -0.349 e. The molecule has 3 aromatic rings. The molecule has 1 aromatic carbocycles. The molecule has 2 heterocycles. The molecular weight excluding hydrogens is 302 g/mol. The number of nitrogens with one attached hydrogen (secondary N) is 1. The summed E-state index contributed by atoms with van der Waals surface area (Å²) < 4.78 is 0. The highest BCUT2D eigenvalue weighted by Gasteiger charge is 2.08. The van der Waals surface area contributed by atoms with E-state index in [4.69, 9.17) is 0 Å². The largest absolute Gasteiger partial charge is 0.349 e. The van der Waals surface area contributed by atoms with E-state index in [0.717, 1.165) is 16.3 Å². The van der Waals surface area contributed by atoms with E-state index in [9.17, 15) is 10.1 Å². The lowest BCUT2D eigenvalue weighted by molar-refractivity contribution is -0.385. The molecule has 0 saturated carbocycles. The smallest absolute Gasteiger partial charge is 0.305 e. The van der Waals surface area contributed by atoms with Crippen molar-refractivity contribution in [1.82, 2.24) is 15.0 Å². The van der Waals surface area contributed by atoms with Gasteiger partial charge in [0.2, 0.25) is 5.95 Å². The molecule has 0 bridgehead atoms. The van der Waals surface area contributed by atoms with Gasteiger partial charge in [-0.3, -0.25) is 10.1 Å². The Morgan fingerprint density at radius 3 is 2.59 bits per heavy atom. The van der Waals surface area contributed by atoms with Crippen molar-refractivity contribution in [2.24, 2.45) is 0 Å². The first kappa shape index (κ1) is 14.1. The van der Waals surface area contributed by atoms with Gasteiger partial charge in [0.25, 0.3) is 0 Å². The number of thiazole rings is 1. The first-order valence-corrected chi connectivity index (χ1v) is 7.30. The van der Waals surface area contributed by atoms with Crippen LogP contribution >= 0.6 is 11.3 Å². The summed E-state index contributed by atoms with van der Waals surface area (Å²) in [6.45, 7) is 0.459. The van der Waals surface area contributed by atoms with Crippen LogP contribution in [0.25, 0.3) is 10.6 Å². The van der Waals surface area contributed by atoms with Crippen LogP contribution in [-0.2, 0) is 6.54 Å². The van der Waals surface area contributed by atoms with Crippen LogP contribution in [0, 0.1) is 10.1 Å². The lowest BCUT2D eigenvalue weighted by Crippen LogP contribution is -2.04. The van der Waals surface area contributed by atoms with Crippen molar-refractivity contribution in [3.05, 3.63) is 63.9 Å². The summed E-state index contributed by atoms with van der Waals surface area (Å²) in [5.74, 6) is 0.333. The van der Waals surface area contributed by atoms with Gasteiger partial charge in [-0.05, 0) is 0 Å². The van der Waals surface area contributed by atoms with Crippen molar-refractivity contribution in [2.45, 2.75) is 6.54 Å². The van der Waals surface area contributed by atoms with Gasteiger partial charge < -0.3 is 5.32 Å². The highest BCUT2D eigenvalue weighted by molar-refractivity contribution is 7.13. The van der Waals surface area contributed by atoms with Crippen molar-refractivity contribution in [3.8, 4) is 10.6 Å². The highest BCUT2D eigenvalue weighted by atomic mass is 32.1. The predicted molar refractivity (Wildman–Crippen MR) is 83.6 cm³/mol. The summed E-state index contributed by atoms with van der Waals surface area (Å²) in [6, 6.07) is 9.93. The number of nitro groups is 1. The van der Waals surface area contributed by atoms with Crippen LogP contribution in [0.4, 0.5) is 11.6 Å². The molecule has 0 unspecified atom stereocenters. The van der Waals surface area contributed by atoms with Gasteiger partial charge in [0.05, 0.1) is 17.2 Å². The van der Waals surface area contributed by atoms with E-state index in [0.29, 0.717) is 12.5 Å². The molecule has 7 nitrogen and oxygen atoms in total. The number of hydrogen-bond acceptors (Lipinski definition) is 7. The molecule has 2 aromatic heterocycles. The van der Waals surface area contributed by atoms with Gasteiger partial charge in [0.1, 0.15) is 17.4 Å². The molecule has 0 aliphatic carbocycles. The van der Waals surface area contributed by atoms with Crippen LogP contribution in [0.3, 0.4) is 0 Å². The van der Waals surface area contributed by atoms with E-state index in [-0.39, 0.29) is 5.69 Å². The predicted octanol–water partition coefficient (Wildman–Crippen LogP) is 3.12. The van der Waals surface area contributed by atoms with Crippen LogP contribution in [0.1, 0.15) is 5.69 Å². The molecule has 0 radical (unpaired) electrons. The fraction of sp³-hybridized carbons (Fsp3) is 0.0714. The Morgan fingerprint density at radius 2 is 1.91 bits per heavy atom. The van der Waals surface area contributed by atoms with Gasteiger partial charge in [-0.15, -0.1) is 11.3 Å². The average Bonchev–Trinajstić information content (AvgIpc) is 3.03. The topological polar surface area (TPSA) is 93.8 Å². The molecule has 0 fully saturated rings. The lowest BCUT2D eigenvalue weighted by Gasteiger charge is -2.01. The van der Waals surface area contributed by atoms with Crippen LogP contribution < -0.4 is 5.32 Å². The number of anilines is 1. The third kappa shape index (κ3) is 3.23. The highest BCUT2D eigenvalue weighted by Crippen LogP contribution is 2.23. The van der Waals surface area contributed by atoms with Gasteiger partial charge >= 0.3 is 5.69 Å². The van der Waals surface area contributed by atoms with Gasteiger partial charge in [0, 0.05) is 10.9 Å². The summed E-state index contributed by atoms with van der Waals surface area (Å²) in [4.78, 5) is 22.3. The molecule has 1 N–H and O–H groups in total. The third-order valence-corrected chi connectivity index (χ3v) is 3.79. The number of rotatable bonds is 5. The van der Waals surface area contributed by atoms with Crippen LogP contribution in [0.5, 0.6) is 0 Å². The van der Waals surface area contributed by atoms with Gasteiger partial charge in [-0.25, -0.2) is 15.0 Å². The number of aromatic nitrogens is 3. The Balaban J connectivity index is 1.65. The van der Waals surface area contributed by atoms with E-state index in [1.807, 2.05) is 35.7 Å². The zero-order chi connectivity index (χ0) is 15.4. The second kappa shape index (κ2) is 6.27. The summed E-state index contributed by atoms with van der Waals surface area (Å²) in [5.41, 5.74) is 1.81. The Labute approximate surface area is 129 Å². The maximum absolute atomic E-state index is 10.5. The van der Waals surface area contributed by atoms with Gasteiger partial charge in [-0.2, -0.15) is 0 Å². The molecule has 0 aliphatic rings. The normalized spacial score (nSPS) is 10.4. The van der Waals surface area contributed by atoms with E-state index in [1.165, 1.54) is 12.4 Å². The summed E-state index contributed by atoms with van der Waals surface area (Å²) >= 11 is 1.56. The Hall–Kier alpha value is -2.87. The number of benzene rings is 1. The third-order valence-electron chi connectivity index (χ3n) is 2.85. The first-order chi connectivity index (χ1) is 10.7. The minimum absolute atomic E-state index is 0.134. The maximum atomic E-state index is 10.5. The lowest BCUT2D eigenvalue weighted by atomic mass is 10.2. The molecule has 8 heteroatoms. The quantitative estimate of drug-likeness (QED) is 0.574. The number of nitrogens with zero attached hydrogens (tertiary/aromatic N) is 4. The Kier molecular flexibility index (Phi) is 4.01. The van der Waals surface area contributed by atoms with E-state index >= 15 is 0 Å². The molecule has 3 rings (SSSR count). The monoisotopic (exact) mass is 313 g/mol. The standard InChI is InChI=1S/C14H11N5O2S/c20-19(21)12-7-16-14(17-8-12)15-6-11-9-22-13(18-11)10-4-2-1-3-5-10/h1-5,7-9H,6H2,(H,15,16,17). The number of hydrogen-bond donors (Lipinski definition) is 1. The Bertz CT molecular complexity index is 773. The molecule has 0 saturated heterocycles. The second-order valence-corrected chi connectivity index (χ2v) is 5.24. The molecule has 0 spiro atoms. The molecule has 22 heavy (non-hydrogen) atoms. The van der Waals surface area contributed by atoms with Crippen molar-refractivity contribution in [2.75, 3.05) is 5.32 Å². The fourth-order valence-corrected chi connectivity index (χ4v) is 2.60. The average molecular weight is 313 g/mol. The summed E-state index contributed by atoms with van der Waals surface area (Å²) in [5, 5.41) is 16.4. The van der Waals surface area contributed by atoms with Crippen LogP contribution in [0.15, 0.2) is 48.1 Å². The van der Waals surface area contributed by atoms with Crippen molar-refractivity contribution < 1.29 is 4.92 Å². The molecule has 110 valence electrons. The molecular formula is C14H11N5O2S. The maximum Gasteiger partial charge on any atom is 0.305 e. The van der Waals surface area contributed by atoms with E-state index in [2.05, 4.69) is 20.3 Å². The SMILES string of the molecule is O=[N+]([O-])c1cnc(NCc2csc(-c3ccccc3)n2)nc1. The second-order valence-electron chi connectivity index (χ2n) is 4.39. The first-order valence-electron chi connectivity index (χ1n) is 6.42. The molecule has 0 amide bonds. The van der Waals surface area contributed by atoms with Gasteiger partial charge in [0.15, 0.2) is 0 Å². The van der Waals surface area contributed by atoms with Gasteiger partial charge in [-0.1, -0.05) is 30.3 Å². The summed E-state index contributed by atoms with van der Waals surface area (Å²) in [7, 11) is 0. The molecule has 0 aliphatic heterocycles. The van der Waals surface area contributed by atoms with Crippen molar-refractivity contribution in [3.63, 3.8) is 0 Å². The zero-order valence-electron chi connectivity index (χ0n) is 11.3. The molecule has 0 atom stereocenters. The van der Waals surface area contributed by atoms with Crippen LogP contribution in [-0.4, -0.2) is 19.9 Å². The minimum atomic E-state index is -0.531. The zero-order valence-corrected chi connectivity index (χ0v) is 12.2. The van der Waals surface area contributed by atoms with E-state index in [1.54, 1.807) is 11.3 Å². The fourth-order valence-electron chi connectivity index (χ4n) is 1.78. The van der Waals surface area contributed by atoms with E-state index < -0.39 is 4.92 Å². The summed E-state index contributed by atoms with van der Waals surface area (Å²) in [6.07, 6.45) is 2.34. The Morgan fingerprint density at radius 1 is 1.18 bits per heavy atom. The van der Waals surface area contributed by atoms with Crippen molar-refractivity contribution >= 4 is 23.0 Å². The van der Waals surface area contributed by atoms with Crippen LogP contribution in [0.2, 0.25) is 0 Å². The van der Waals surface area contributed by atoms with Crippen molar-refractivity contribution in [1.29, 1.82) is 0 Å².